The number of aryl methyl sites for hydroxylation is 1. The molecule has 1 fully saturated rings. The lowest BCUT2D eigenvalue weighted by molar-refractivity contribution is 0.214. The number of nitrogens with zero attached hydrogens (tertiary/aromatic N) is 1. The number of halogens is 2. The molecule has 20 heavy (non-hydrogen) atoms. The Morgan fingerprint density at radius 3 is 2.35 bits per heavy atom. The van der Waals surface area contributed by atoms with Gasteiger partial charge in [-0.25, -0.2) is 0 Å². The predicted octanol–water partition coefficient (Wildman–Crippen LogP) is 3.68. The Balaban J connectivity index is 0.00000180. The summed E-state index contributed by atoms with van der Waals surface area (Å²) in [5.74, 6) is 0.815. The topological polar surface area (TPSA) is 38.5 Å². The number of nitrogen functional groups attached to an aromatic ring is 1. The van der Waals surface area contributed by atoms with Crippen LogP contribution in [0.25, 0.3) is 0 Å². The molecule has 5 heteroatoms. The Labute approximate surface area is 134 Å². The first-order valence-corrected chi connectivity index (χ1v) is 6.97. The number of rotatable bonds is 4. The summed E-state index contributed by atoms with van der Waals surface area (Å²) in [6, 6.07) is 5.96. The van der Waals surface area contributed by atoms with Crippen molar-refractivity contribution in [2.75, 3.05) is 32.0 Å². The summed E-state index contributed by atoms with van der Waals surface area (Å²) < 4.78 is 5.77. The molecule has 1 aromatic carbocycles. The van der Waals surface area contributed by atoms with Crippen molar-refractivity contribution in [3.63, 3.8) is 0 Å². The zero-order valence-corrected chi connectivity index (χ0v) is 13.8. The van der Waals surface area contributed by atoms with Gasteiger partial charge in [0.05, 0.1) is 5.69 Å². The third-order valence-corrected chi connectivity index (χ3v) is 3.53. The van der Waals surface area contributed by atoms with Crippen LogP contribution in [0.3, 0.4) is 0 Å². The van der Waals surface area contributed by atoms with E-state index in [1.165, 1.54) is 44.3 Å². The highest BCUT2D eigenvalue weighted by atomic mass is 35.5. The van der Waals surface area contributed by atoms with Crippen molar-refractivity contribution >= 4 is 30.5 Å². The van der Waals surface area contributed by atoms with Crippen molar-refractivity contribution < 1.29 is 4.74 Å². The number of hydrogen-bond acceptors (Lipinski definition) is 3. The van der Waals surface area contributed by atoms with Crippen LogP contribution in [0.2, 0.25) is 0 Å². The third kappa shape index (κ3) is 6.21. The Morgan fingerprint density at radius 1 is 1.10 bits per heavy atom. The Hall–Kier alpha value is -0.640. The molecule has 2 rings (SSSR count). The van der Waals surface area contributed by atoms with Gasteiger partial charge >= 0.3 is 0 Å². The van der Waals surface area contributed by atoms with E-state index in [-0.39, 0.29) is 24.8 Å². The molecule has 0 aromatic heterocycles. The summed E-state index contributed by atoms with van der Waals surface area (Å²) in [7, 11) is 0. The van der Waals surface area contributed by atoms with Crippen LogP contribution in [-0.2, 0) is 0 Å². The molecule has 2 N–H and O–H groups in total. The number of anilines is 1. The minimum Gasteiger partial charge on any atom is -0.490 e. The Kier molecular flexibility index (Phi) is 9.82. The summed E-state index contributed by atoms with van der Waals surface area (Å²) in [4.78, 5) is 2.50. The molecular weight excluding hydrogens is 295 g/mol. The molecule has 0 bridgehead atoms. The van der Waals surface area contributed by atoms with E-state index < -0.39 is 0 Å². The van der Waals surface area contributed by atoms with Crippen molar-refractivity contribution in [1.82, 2.24) is 4.90 Å². The second kappa shape index (κ2) is 10.1. The summed E-state index contributed by atoms with van der Waals surface area (Å²) in [6.07, 6.45) is 5.41. The average Bonchev–Trinajstić information content (AvgIpc) is 2.60. The molecule has 0 unspecified atom stereocenters. The summed E-state index contributed by atoms with van der Waals surface area (Å²) >= 11 is 0. The number of nitrogens with two attached hydrogens (primary N) is 1. The fourth-order valence-corrected chi connectivity index (χ4v) is 2.44. The standard InChI is InChI=1S/C15H24N2O.2ClH/c1-13-6-7-15(14(16)12-13)18-11-10-17-8-4-2-3-5-9-17;;/h6-7,12H,2-5,8-11,16H2,1H3;2*1H. The van der Waals surface area contributed by atoms with Crippen LogP contribution in [0.15, 0.2) is 18.2 Å². The maximum atomic E-state index is 5.93. The van der Waals surface area contributed by atoms with Crippen molar-refractivity contribution in [3.8, 4) is 5.75 Å². The first kappa shape index (κ1) is 19.4. The summed E-state index contributed by atoms with van der Waals surface area (Å²) in [6.45, 7) is 6.21. The van der Waals surface area contributed by atoms with Crippen LogP contribution in [-0.4, -0.2) is 31.1 Å². The smallest absolute Gasteiger partial charge is 0.142 e. The van der Waals surface area contributed by atoms with Crippen LogP contribution >= 0.6 is 24.8 Å². The monoisotopic (exact) mass is 320 g/mol. The lowest BCUT2D eigenvalue weighted by Crippen LogP contribution is -2.29. The molecule has 1 heterocycles. The minimum atomic E-state index is 0. The van der Waals surface area contributed by atoms with Crippen LogP contribution in [0, 0.1) is 6.92 Å². The van der Waals surface area contributed by atoms with Crippen LogP contribution in [0.4, 0.5) is 5.69 Å². The quantitative estimate of drug-likeness (QED) is 0.860. The second-order valence-electron chi connectivity index (χ2n) is 5.15. The van der Waals surface area contributed by atoms with Crippen molar-refractivity contribution in [1.29, 1.82) is 0 Å². The second-order valence-corrected chi connectivity index (χ2v) is 5.15. The molecule has 0 spiro atoms. The third-order valence-electron chi connectivity index (χ3n) is 3.53. The molecule has 116 valence electrons. The van der Waals surface area contributed by atoms with Gasteiger partial charge in [0.15, 0.2) is 0 Å². The molecule has 1 aliphatic heterocycles. The van der Waals surface area contributed by atoms with Crippen molar-refractivity contribution in [2.45, 2.75) is 32.6 Å². The van der Waals surface area contributed by atoms with Crippen LogP contribution in [0.5, 0.6) is 5.75 Å². The molecule has 1 aliphatic rings. The highest BCUT2D eigenvalue weighted by Gasteiger charge is 2.09. The lowest BCUT2D eigenvalue weighted by Gasteiger charge is -2.20. The van der Waals surface area contributed by atoms with E-state index in [9.17, 15) is 0 Å². The number of hydrogen-bond donors (Lipinski definition) is 1. The van der Waals surface area contributed by atoms with Crippen molar-refractivity contribution in [3.05, 3.63) is 23.8 Å². The Morgan fingerprint density at radius 2 is 1.75 bits per heavy atom. The van der Waals surface area contributed by atoms with Gasteiger partial charge in [0.25, 0.3) is 0 Å². The zero-order valence-electron chi connectivity index (χ0n) is 12.1. The molecule has 0 radical (unpaired) electrons. The van der Waals surface area contributed by atoms with E-state index >= 15 is 0 Å². The van der Waals surface area contributed by atoms with Gasteiger partial charge in [-0.3, -0.25) is 4.90 Å². The SMILES string of the molecule is Cc1ccc(OCCN2CCCCCC2)c(N)c1.Cl.Cl. The average molecular weight is 321 g/mol. The first-order valence-electron chi connectivity index (χ1n) is 6.97. The highest BCUT2D eigenvalue weighted by Crippen LogP contribution is 2.22. The van der Waals surface area contributed by atoms with Gasteiger partial charge in [0.1, 0.15) is 12.4 Å². The van der Waals surface area contributed by atoms with Gasteiger partial charge in [-0.1, -0.05) is 18.9 Å². The number of benzene rings is 1. The van der Waals surface area contributed by atoms with E-state index in [4.69, 9.17) is 10.5 Å². The Bertz CT molecular complexity index is 380. The predicted molar refractivity (Wildman–Crippen MR) is 90.5 cm³/mol. The van der Waals surface area contributed by atoms with E-state index in [0.29, 0.717) is 0 Å². The van der Waals surface area contributed by atoms with E-state index in [1.807, 2.05) is 25.1 Å². The first-order chi connectivity index (χ1) is 8.75. The molecule has 0 amide bonds. The van der Waals surface area contributed by atoms with Crippen LogP contribution in [0.1, 0.15) is 31.2 Å². The largest absolute Gasteiger partial charge is 0.490 e. The van der Waals surface area contributed by atoms with Crippen LogP contribution < -0.4 is 10.5 Å². The summed E-state index contributed by atoms with van der Waals surface area (Å²) in [5, 5.41) is 0. The van der Waals surface area contributed by atoms with Gasteiger partial charge in [-0.2, -0.15) is 0 Å². The molecule has 1 saturated heterocycles. The van der Waals surface area contributed by atoms with E-state index in [2.05, 4.69) is 4.90 Å². The highest BCUT2D eigenvalue weighted by molar-refractivity contribution is 5.85. The fraction of sp³-hybridized carbons (Fsp3) is 0.600. The maximum absolute atomic E-state index is 5.93. The molecule has 0 atom stereocenters. The van der Waals surface area contributed by atoms with E-state index in [1.54, 1.807) is 0 Å². The molecule has 0 aliphatic carbocycles. The minimum absolute atomic E-state index is 0. The number of likely N-dealkylation sites (tertiary alicyclic amines) is 1. The lowest BCUT2D eigenvalue weighted by atomic mass is 10.2. The van der Waals surface area contributed by atoms with Gasteiger partial charge in [0.2, 0.25) is 0 Å². The summed E-state index contributed by atoms with van der Waals surface area (Å²) in [5.41, 5.74) is 7.84. The molecule has 0 saturated carbocycles. The number of ether oxygens (including phenoxy) is 1. The van der Waals surface area contributed by atoms with Gasteiger partial charge in [-0.15, -0.1) is 24.8 Å². The zero-order chi connectivity index (χ0) is 12.8. The fourth-order valence-electron chi connectivity index (χ4n) is 2.44. The molecule has 1 aromatic rings. The molecule has 3 nitrogen and oxygen atoms in total. The van der Waals surface area contributed by atoms with Crippen molar-refractivity contribution in [2.24, 2.45) is 0 Å². The molecular formula is C15H26Cl2N2O. The van der Waals surface area contributed by atoms with Gasteiger partial charge in [0, 0.05) is 6.54 Å². The normalized spacial score (nSPS) is 15.7. The maximum Gasteiger partial charge on any atom is 0.142 e. The van der Waals surface area contributed by atoms with Gasteiger partial charge in [-0.05, 0) is 50.6 Å². The van der Waals surface area contributed by atoms with E-state index in [0.717, 1.165) is 24.6 Å². The van der Waals surface area contributed by atoms with Gasteiger partial charge < -0.3 is 10.5 Å².